The number of carbonyl (C=O) groups is 2. The lowest BCUT2D eigenvalue weighted by molar-refractivity contribution is -0.385. The lowest BCUT2D eigenvalue weighted by Gasteiger charge is -2.25. The van der Waals surface area contributed by atoms with Crippen LogP contribution in [0.15, 0.2) is 78.4 Å². The van der Waals surface area contributed by atoms with Crippen molar-refractivity contribution >= 4 is 28.8 Å². The molecule has 4 rings (SSSR count). The van der Waals surface area contributed by atoms with Crippen LogP contribution in [0.25, 0.3) is 5.76 Å². The third kappa shape index (κ3) is 3.82. The van der Waals surface area contributed by atoms with Crippen molar-refractivity contribution in [2.24, 2.45) is 0 Å². The van der Waals surface area contributed by atoms with E-state index in [1.165, 1.54) is 30.2 Å². The van der Waals surface area contributed by atoms with Gasteiger partial charge in [0.2, 0.25) is 0 Å². The molecule has 0 aromatic heterocycles. The summed E-state index contributed by atoms with van der Waals surface area (Å²) < 4.78 is 5.13. The molecule has 0 radical (unpaired) electrons. The van der Waals surface area contributed by atoms with Gasteiger partial charge in [-0.3, -0.25) is 24.6 Å². The Morgan fingerprint density at radius 1 is 1.00 bits per heavy atom. The minimum absolute atomic E-state index is 0.123. The van der Waals surface area contributed by atoms with E-state index < -0.39 is 28.4 Å². The number of Topliss-reactive ketones (excluding diaryl/α,β-unsaturated/α-hetero) is 1. The molecule has 8 heteroatoms. The molecule has 1 N–H and O–H groups in total. The van der Waals surface area contributed by atoms with Gasteiger partial charge >= 0.3 is 0 Å². The van der Waals surface area contributed by atoms with E-state index in [1.807, 2.05) is 6.92 Å². The van der Waals surface area contributed by atoms with Crippen LogP contribution in [-0.2, 0) is 9.59 Å². The maximum absolute atomic E-state index is 13.2. The fourth-order valence-corrected chi connectivity index (χ4v) is 3.89. The highest BCUT2D eigenvalue weighted by Crippen LogP contribution is 2.44. The standard InChI is InChI=1S/C25H20N2O6/c1-15-7-11-17(12-8-15)26-22(19-5-3-4-6-20(19)27(31)32)21(24(29)25(26)30)23(28)16-9-13-18(33-2)14-10-16/h3-14,22,28H,1-2H3/t22-/m0/s1. The number of nitro groups is 1. The Morgan fingerprint density at radius 2 is 1.64 bits per heavy atom. The fraction of sp³-hybridized carbons (Fsp3) is 0.120. The minimum atomic E-state index is -1.18. The van der Waals surface area contributed by atoms with Gasteiger partial charge in [0.15, 0.2) is 0 Å². The van der Waals surface area contributed by atoms with Crippen LogP contribution in [0.1, 0.15) is 22.7 Å². The highest BCUT2D eigenvalue weighted by molar-refractivity contribution is 6.51. The van der Waals surface area contributed by atoms with Crippen molar-refractivity contribution in [3.8, 4) is 5.75 Å². The van der Waals surface area contributed by atoms with Gasteiger partial charge < -0.3 is 9.84 Å². The summed E-state index contributed by atoms with van der Waals surface area (Å²) in [5.74, 6) is -1.68. The summed E-state index contributed by atoms with van der Waals surface area (Å²) in [6, 6.07) is 17.9. The highest BCUT2D eigenvalue weighted by Gasteiger charge is 2.48. The van der Waals surface area contributed by atoms with Gasteiger partial charge in [0.25, 0.3) is 17.4 Å². The number of hydrogen-bond donors (Lipinski definition) is 1. The maximum Gasteiger partial charge on any atom is 0.300 e. The molecule has 0 saturated carbocycles. The molecule has 3 aromatic rings. The number of ether oxygens (including phenoxy) is 1. The molecule has 0 unspecified atom stereocenters. The van der Waals surface area contributed by atoms with Crippen LogP contribution in [0, 0.1) is 17.0 Å². The van der Waals surface area contributed by atoms with Crippen molar-refractivity contribution in [1.82, 2.24) is 0 Å². The lowest BCUT2D eigenvalue weighted by atomic mass is 9.94. The average Bonchev–Trinajstić information content (AvgIpc) is 3.09. The average molecular weight is 444 g/mol. The summed E-state index contributed by atoms with van der Waals surface area (Å²) in [5.41, 5.74) is 1.25. The smallest absolute Gasteiger partial charge is 0.300 e. The molecule has 3 aromatic carbocycles. The molecule has 166 valence electrons. The summed E-state index contributed by atoms with van der Waals surface area (Å²) in [7, 11) is 1.50. The Bertz CT molecular complexity index is 1280. The first-order valence-corrected chi connectivity index (χ1v) is 10.1. The number of carbonyl (C=O) groups excluding carboxylic acids is 2. The Kier molecular flexibility index (Phi) is 5.66. The predicted octanol–water partition coefficient (Wildman–Crippen LogP) is 4.54. The van der Waals surface area contributed by atoms with Crippen LogP contribution >= 0.6 is 0 Å². The van der Waals surface area contributed by atoms with Gasteiger partial charge in [-0.1, -0.05) is 29.8 Å². The number of aliphatic hydroxyl groups is 1. The molecule has 1 saturated heterocycles. The number of aryl methyl sites for hydroxylation is 1. The number of hydrogen-bond acceptors (Lipinski definition) is 6. The second-order valence-corrected chi connectivity index (χ2v) is 7.55. The number of methoxy groups -OCH3 is 1. The van der Waals surface area contributed by atoms with Crippen LogP contribution in [0.2, 0.25) is 0 Å². The van der Waals surface area contributed by atoms with E-state index in [-0.39, 0.29) is 22.4 Å². The zero-order chi connectivity index (χ0) is 23.7. The fourth-order valence-electron chi connectivity index (χ4n) is 3.89. The van der Waals surface area contributed by atoms with E-state index in [1.54, 1.807) is 54.6 Å². The van der Waals surface area contributed by atoms with E-state index in [0.717, 1.165) is 5.56 Å². The quantitative estimate of drug-likeness (QED) is 0.203. The molecule has 8 nitrogen and oxygen atoms in total. The first-order valence-electron chi connectivity index (χ1n) is 10.1. The minimum Gasteiger partial charge on any atom is -0.507 e. The highest BCUT2D eigenvalue weighted by atomic mass is 16.6. The van der Waals surface area contributed by atoms with Gasteiger partial charge in [-0.25, -0.2) is 0 Å². The normalized spacial score (nSPS) is 17.3. The third-order valence-corrected chi connectivity index (χ3v) is 5.55. The van der Waals surface area contributed by atoms with Crippen LogP contribution < -0.4 is 9.64 Å². The molecule has 1 amide bonds. The molecule has 1 aliphatic heterocycles. The van der Waals surface area contributed by atoms with Crippen molar-refractivity contribution in [3.63, 3.8) is 0 Å². The predicted molar refractivity (Wildman–Crippen MR) is 122 cm³/mol. The van der Waals surface area contributed by atoms with Crippen molar-refractivity contribution in [2.45, 2.75) is 13.0 Å². The van der Waals surface area contributed by atoms with Crippen LogP contribution in [-0.4, -0.2) is 28.8 Å². The third-order valence-electron chi connectivity index (χ3n) is 5.55. The van der Waals surface area contributed by atoms with Crippen molar-refractivity contribution in [3.05, 3.63) is 105 Å². The van der Waals surface area contributed by atoms with E-state index in [4.69, 9.17) is 4.74 Å². The second kappa shape index (κ2) is 8.58. The van der Waals surface area contributed by atoms with Crippen molar-refractivity contribution in [2.75, 3.05) is 12.0 Å². The molecule has 0 bridgehead atoms. The monoisotopic (exact) mass is 444 g/mol. The molecular formula is C25H20N2O6. The summed E-state index contributed by atoms with van der Waals surface area (Å²) in [6.07, 6.45) is 0. The largest absolute Gasteiger partial charge is 0.507 e. The van der Waals surface area contributed by atoms with E-state index >= 15 is 0 Å². The Balaban J connectivity index is 1.98. The zero-order valence-corrected chi connectivity index (χ0v) is 17.9. The number of amides is 1. The molecule has 33 heavy (non-hydrogen) atoms. The number of benzene rings is 3. The Hall–Kier alpha value is -4.46. The van der Waals surface area contributed by atoms with E-state index in [0.29, 0.717) is 11.4 Å². The summed E-state index contributed by atoms with van der Waals surface area (Å²) in [4.78, 5) is 38.7. The molecule has 1 atom stereocenters. The van der Waals surface area contributed by atoms with E-state index in [2.05, 4.69) is 0 Å². The topological polar surface area (TPSA) is 110 Å². The van der Waals surface area contributed by atoms with E-state index in [9.17, 15) is 24.8 Å². The van der Waals surface area contributed by atoms with Gasteiger partial charge in [-0.2, -0.15) is 0 Å². The van der Waals surface area contributed by atoms with Gasteiger partial charge in [0, 0.05) is 17.3 Å². The maximum atomic E-state index is 13.2. The second-order valence-electron chi connectivity index (χ2n) is 7.55. The number of nitrogens with zero attached hydrogens (tertiary/aromatic N) is 2. The van der Waals surface area contributed by atoms with Crippen molar-refractivity contribution < 1.29 is 24.4 Å². The van der Waals surface area contributed by atoms with Crippen LogP contribution in [0.3, 0.4) is 0 Å². The summed E-state index contributed by atoms with van der Waals surface area (Å²) in [5, 5.41) is 22.9. The SMILES string of the molecule is COc1ccc(C(O)=C2C(=O)C(=O)N(c3ccc(C)cc3)[C@H]2c2ccccc2[N+](=O)[O-])cc1. The number of nitro benzene ring substituents is 1. The summed E-state index contributed by atoms with van der Waals surface area (Å²) in [6.45, 7) is 1.88. The Morgan fingerprint density at radius 3 is 2.24 bits per heavy atom. The zero-order valence-electron chi connectivity index (χ0n) is 17.9. The molecular weight excluding hydrogens is 424 g/mol. The first kappa shape index (κ1) is 21.8. The summed E-state index contributed by atoms with van der Waals surface area (Å²) >= 11 is 0. The lowest BCUT2D eigenvalue weighted by Crippen LogP contribution is -2.29. The molecule has 1 heterocycles. The molecule has 0 aliphatic carbocycles. The van der Waals surface area contributed by atoms with Gasteiger partial charge in [0.05, 0.1) is 23.2 Å². The van der Waals surface area contributed by atoms with Gasteiger partial charge in [-0.05, 0) is 49.4 Å². The first-order chi connectivity index (χ1) is 15.8. The molecule has 1 aliphatic rings. The van der Waals surface area contributed by atoms with Crippen LogP contribution in [0.4, 0.5) is 11.4 Å². The number of ketones is 1. The number of rotatable bonds is 5. The van der Waals surface area contributed by atoms with Crippen LogP contribution in [0.5, 0.6) is 5.75 Å². The van der Waals surface area contributed by atoms with Crippen molar-refractivity contribution in [1.29, 1.82) is 0 Å². The number of aliphatic hydroxyl groups excluding tert-OH is 1. The molecule has 1 fully saturated rings. The number of anilines is 1. The van der Waals surface area contributed by atoms with Gasteiger partial charge in [-0.15, -0.1) is 0 Å². The molecule has 0 spiro atoms. The number of para-hydroxylation sites is 1. The van der Waals surface area contributed by atoms with Gasteiger partial charge in [0.1, 0.15) is 17.6 Å². The Labute approximate surface area is 189 Å².